The topological polar surface area (TPSA) is 35.2 Å². The van der Waals surface area contributed by atoms with Crippen molar-refractivity contribution >= 4 is 0 Å². The van der Waals surface area contributed by atoms with Gasteiger partial charge in [-0.25, -0.2) is 0 Å². The van der Waals surface area contributed by atoms with E-state index in [2.05, 4.69) is 24.3 Å². The first-order valence-electron chi connectivity index (χ1n) is 6.38. The molecule has 2 nitrogen and oxygen atoms in total. The Labute approximate surface area is 107 Å². The fourth-order valence-corrected chi connectivity index (χ4v) is 2.46. The first-order chi connectivity index (χ1) is 8.83. The van der Waals surface area contributed by atoms with E-state index < -0.39 is 0 Å². The van der Waals surface area contributed by atoms with Gasteiger partial charge in [0, 0.05) is 6.04 Å². The third kappa shape index (κ3) is 2.24. The van der Waals surface area contributed by atoms with E-state index in [-0.39, 0.29) is 6.04 Å². The lowest BCUT2D eigenvalue weighted by atomic mass is 10.1. The van der Waals surface area contributed by atoms with E-state index in [0.29, 0.717) is 6.61 Å². The normalized spacial score (nSPS) is 17.5. The summed E-state index contributed by atoms with van der Waals surface area (Å²) in [6.07, 6.45) is 2.12. The second-order valence-corrected chi connectivity index (χ2v) is 4.78. The Kier molecular flexibility index (Phi) is 3.03. The largest absolute Gasteiger partial charge is 0.489 e. The summed E-state index contributed by atoms with van der Waals surface area (Å²) in [6, 6.07) is 16.7. The lowest BCUT2D eigenvalue weighted by molar-refractivity contribution is 0.306. The maximum absolute atomic E-state index is 6.02. The van der Waals surface area contributed by atoms with E-state index in [1.165, 1.54) is 16.7 Å². The smallest absolute Gasteiger partial charge is 0.120 e. The molecule has 2 aromatic rings. The van der Waals surface area contributed by atoms with E-state index in [4.69, 9.17) is 10.5 Å². The van der Waals surface area contributed by atoms with Crippen LogP contribution >= 0.6 is 0 Å². The molecule has 2 heteroatoms. The number of aryl methyl sites for hydroxylation is 1. The molecule has 0 aliphatic heterocycles. The molecule has 1 atom stereocenters. The van der Waals surface area contributed by atoms with Crippen molar-refractivity contribution in [3.8, 4) is 5.75 Å². The van der Waals surface area contributed by atoms with Crippen LogP contribution < -0.4 is 10.5 Å². The summed E-state index contributed by atoms with van der Waals surface area (Å²) in [4.78, 5) is 0. The van der Waals surface area contributed by atoms with Crippen molar-refractivity contribution in [1.82, 2.24) is 0 Å². The summed E-state index contributed by atoms with van der Waals surface area (Å²) in [6.45, 7) is 0.617. The Morgan fingerprint density at radius 3 is 2.78 bits per heavy atom. The molecule has 0 unspecified atom stereocenters. The number of fused-ring (bicyclic) bond motifs is 1. The minimum Gasteiger partial charge on any atom is -0.489 e. The first kappa shape index (κ1) is 11.3. The van der Waals surface area contributed by atoms with Crippen LogP contribution in [0.2, 0.25) is 0 Å². The van der Waals surface area contributed by atoms with E-state index >= 15 is 0 Å². The van der Waals surface area contributed by atoms with Crippen LogP contribution in [-0.2, 0) is 13.0 Å². The molecule has 0 heterocycles. The van der Waals surface area contributed by atoms with Crippen LogP contribution in [0.1, 0.15) is 29.2 Å². The summed E-state index contributed by atoms with van der Waals surface area (Å²) in [5.41, 5.74) is 9.83. The third-order valence-corrected chi connectivity index (χ3v) is 3.49. The van der Waals surface area contributed by atoms with E-state index in [1.807, 2.05) is 24.3 Å². The van der Waals surface area contributed by atoms with Gasteiger partial charge in [0.2, 0.25) is 0 Å². The molecule has 1 aliphatic carbocycles. The monoisotopic (exact) mass is 239 g/mol. The quantitative estimate of drug-likeness (QED) is 0.892. The average molecular weight is 239 g/mol. The predicted octanol–water partition coefficient (Wildman–Crippen LogP) is 3.21. The van der Waals surface area contributed by atoms with Gasteiger partial charge in [0.15, 0.2) is 0 Å². The Balaban J connectivity index is 1.71. The standard InChI is InChI=1S/C16H17NO/c17-16-9-6-13-10-14(7-8-15(13)16)18-11-12-4-2-1-3-5-12/h1-5,7-8,10,16H,6,9,11,17H2/t16-/m0/s1. The van der Waals surface area contributed by atoms with Gasteiger partial charge >= 0.3 is 0 Å². The number of ether oxygens (including phenoxy) is 1. The van der Waals surface area contributed by atoms with Crippen molar-refractivity contribution < 1.29 is 4.74 Å². The highest BCUT2D eigenvalue weighted by Crippen LogP contribution is 2.31. The molecule has 2 aromatic carbocycles. The molecule has 0 fully saturated rings. The summed E-state index contributed by atoms with van der Waals surface area (Å²) < 4.78 is 5.81. The van der Waals surface area contributed by atoms with Crippen molar-refractivity contribution in [1.29, 1.82) is 0 Å². The zero-order valence-corrected chi connectivity index (χ0v) is 10.3. The lowest BCUT2D eigenvalue weighted by Crippen LogP contribution is -2.05. The minimum absolute atomic E-state index is 0.211. The summed E-state index contributed by atoms with van der Waals surface area (Å²) in [5, 5.41) is 0. The van der Waals surface area contributed by atoms with Crippen molar-refractivity contribution in [3.63, 3.8) is 0 Å². The Bertz CT molecular complexity index is 536. The molecular weight excluding hydrogens is 222 g/mol. The van der Waals surface area contributed by atoms with E-state index in [9.17, 15) is 0 Å². The number of nitrogens with two attached hydrogens (primary N) is 1. The molecule has 0 saturated carbocycles. The molecule has 0 saturated heterocycles. The summed E-state index contributed by atoms with van der Waals surface area (Å²) >= 11 is 0. The van der Waals surface area contributed by atoms with Gasteiger partial charge < -0.3 is 10.5 Å². The van der Waals surface area contributed by atoms with Crippen LogP contribution in [0.5, 0.6) is 5.75 Å². The molecule has 0 spiro atoms. The number of hydrogen-bond acceptors (Lipinski definition) is 2. The van der Waals surface area contributed by atoms with Crippen molar-refractivity contribution in [2.24, 2.45) is 5.73 Å². The molecule has 0 bridgehead atoms. The molecule has 1 aliphatic rings. The highest BCUT2D eigenvalue weighted by atomic mass is 16.5. The minimum atomic E-state index is 0.211. The molecule has 0 radical (unpaired) electrons. The second-order valence-electron chi connectivity index (χ2n) is 4.78. The van der Waals surface area contributed by atoms with Gasteiger partial charge in [0.1, 0.15) is 12.4 Å². The summed E-state index contributed by atoms with van der Waals surface area (Å²) in [7, 11) is 0. The van der Waals surface area contributed by atoms with E-state index in [1.54, 1.807) is 0 Å². The van der Waals surface area contributed by atoms with Gasteiger partial charge in [0.25, 0.3) is 0 Å². The molecule has 92 valence electrons. The molecule has 2 N–H and O–H groups in total. The predicted molar refractivity (Wildman–Crippen MR) is 72.5 cm³/mol. The third-order valence-electron chi connectivity index (χ3n) is 3.49. The number of hydrogen-bond donors (Lipinski definition) is 1. The van der Waals surface area contributed by atoms with Gasteiger partial charge in [-0.05, 0) is 41.7 Å². The fourth-order valence-electron chi connectivity index (χ4n) is 2.46. The van der Waals surface area contributed by atoms with Gasteiger partial charge in [-0.2, -0.15) is 0 Å². The van der Waals surface area contributed by atoms with Gasteiger partial charge in [-0.3, -0.25) is 0 Å². The second kappa shape index (κ2) is 4.83. The average Bonchev–Trinajstić information content (AvgIpc) is 2.79. The van der Waals surface area contributed by atoms with Crippen LogP contribution in [0.4, 0.5) is 0 Å². The van der Waals surface area contributed by atoms with Crippen molar-refractivity contribution in [2.75, 3.05) is 0 Å². The van der Waals surface area contributed by atoms with Gasteiger partial charge in [0.05, 0.1) is 0 Å². The fraction of sp³-hybridized carbons (Fsp3) is 0.250. The highest BCUT2D eigenvalue weighted by molar-refractivity contribution is 5.40. The van der Waals surface area contributed by atoms with Crippen LogP contribution in [0.3, 0.4) is 0 Å². The van der Waals surface area contributed by atoms with Crippen LogP contribution in [-0.4, -0.2) is 0 Å². The van der Waals surface area contributed by atoms with Crippen LogP contribution in [0.15, 0.2) is 48.5 Å². The van der Waals surface area contributed by atoms with Crippen molar-refractivity contribution in [2.45, 2.75) is 25.5 Å². The van der Waals surface area contributed by atoms with Gasteiger partial charge in [-0.15, -0.1) is 0 Å². The number of benzene rings is 2. The maximum Gasteiger partial charge on any atom is 0.120 e. The molecule has 3 rings (SSSR count). The van der Waals surface area contributed by atoms with E-state index in [0.717, 1.165) is 18.6 Å². The van der Waals surface area contributed by atoms with Crippen LogP contribution in [0, 0.1) is 0 Å². The Hall–Kier alpha value is -1.80. The highest BCUT2D eigenvalue weighted by Gasteiger charge is 2.18. The van der Waals surface area contributed by atoms with Crippen molar-refractivity contribution in [3.05, 3.63) is 65.2 Å². The van der Waals surface area contributed by atoms with Gasteiger partial charge in [-0.1, -0.05) is 36.4 Å². The zero-order chi connectivity index (χ0) is 12.4. The molecule has 0 amide bonds. The number of rotatable bonds is 3. The Morgan fingerprint density at radius 2 is 1.94 bits per heavy atom. The molecule has 18 heavy (non-hydrogen) atoms. The Morgan fingerprint density at radius 1 is 1.11 bits per heavy atom. The first-order valence-corrected chi connectivity index (χ1v) is 6.38. The molecule has 0 aromatic heterocycles. The maximum atomic E-state index is 6.02. The van der Waals surface area contributed by atoms with Crippen LogP contribution in [0.25, 0.3) is 0 Å². The lowest BCUT2D eigenvalue weighted by Gasteiger charge is -2.09. The molecular formula is C16H17NO. The SMILES string of the molecule is N[C@H]1CCc2cc(OCc3ccccc3)ccc21. The summed E-state index contributed by atoms with van der Waals surface area (Å²) in [5.74, 6) is 0.937. The zero-order valence-electron chi connectivity index (χ0n) is 10.3.